The lowest BCUT2D eigenvalue weighted by Gasteiger charge is -2.04. The number of halogens is 1. The molecule has 0 unspecified atom stereocenters. The molecule has 0 aliphatic carbocycles. The monoisotopic (exact) mass is 338 g/mol. The van der Waals surface area contributed by atoms with Crippen molar-refractivity contribution in [2.75, 3.05) is 0 Å². The van der Waals surface area contributed by atoms with Gasteiger partial charge in [0.1, 0.15) is 5.82 Å². The summed E-state index contributed by atoms with van der Waals surface area (Å²) < 4.78 is 15.6. The van der Waals surface area contributed by atoms with E-state index in [0.717, 1.165) is 28.4 Å². The SMILES string of the molecule is O=C1NC(=O)C(=Cc2cn(-c3ccccc3)c3cc(F)ccc23)S1. The second kappa shape index (κ2) is 5.65. The molecule has 2 amide bonds. The lowest BCUT2D eigenvalue weighted by Crippen LogP contribution is -2.17. The second-order valence-electron chi connectivity index (χ2n) is 5.30. The van der Waals surface area contributed by atoms with Gasteiger partial charge in [0.05, 0.1) is 10.4 Å². The zero-order valence-corrected chi connectivity index (χ0v) is 13.1. The maximum Gasteiger partial charge on any atom is 0.290 e. The Morgan fingerprint density at radius 2 is 1.88 bits per heavy atom. The number of benzene rings is 2. The highest BCUT2D eigenvalue weighted by atomic mass is 32.2. The first kappa shape index (κ1) is 14.7. The van der Waals surface area contributed by atoms with Crippen molar-refractivity contribution in [1.82, 2.24) is 9.88 Å². The summed E-state index contributed by atoms with van der Waals surface area (Å²) in [5, 5.41) is 2.65. The van der Waals surface area contributed by atoms with Crippen LogP contribution in [0.3, 0.4) is 0 Å². The molecular weight excluding hydrogens is 327 g/mol. The van der Waals surface area contributed by atoms with E-state index < -0.39 is 5.91 Å². The molecule has 0 radical (unpaired) electrons. The van der Waals surface area contributed by atoms with Crippen LogP contribution in [-0.4, -0.2) is 15.7 Å². The van der Waals surface area contributed by atoms with E-state index in [-0.39, 0.29) is 11.1 Å². The number of imide groups is 1. The zero-order chi connectivity index (χ0) is 16.7. The number of rotatable bonds is 2. The highest BCUT2D eigenvalue weighted by molar-refractivity contribution is 8.18. The Labute approximate surface area is 141 Å². The molecule has 24 heavy (non-hydrogen) atoms. The third kappa shape index (κ3) is 2.51. The first-order valence-corrected chi connectivity index (χ1v) is 8.04. The van der Waals surface area contributed by atoms with Gasteiger partial charge in [-0.1, -0.05) is 18.2 Å². The lowest BCUT2D eigenvalue weighted by molar-refractivity contribution is -0.115. The van der Waals surface area contributed by atoms with E-state index in [1.807, 2.05) is 41.1 Å². The van der Waals surface area contributed by atoms with E-state index in [2.05, 4.69) is 5.32 Å². The molecular formula is C18H11FN2O2S. The van der Waals surface area contributed by atoms with E-state index in [1.165, 1.54) is 12.1 Å². The fourth-order valence-electron chi connectivity index (χ4n) is 2.71. The largest absolute Gasteiger partial charge is 0.316 e. The molecule has 4 nitrogen and oxygen atoms in total. The van der Waals surface area contributed by atoms with Crippen LogP contribution in [0.1, 0.15) is 5.56 Å². The van der Waals surface area contributed by atoms with E-state index in [4.69, 9.17) is 0 Å². The van der Waals surface area contributed by atoms with Crippen LogP contribution in [0.15, 0.2) is 59.6 Å². The first-order chi connectivity index (χ1) is 11.6. The van der Waals surface area contributed by atoms with Gasteiger partial charge in [-0.25, -0.2) is 4.39 Å². The number of carbonyl (C=O) groups is 2. The summed E-state index contributed by atoms with van der Waals surface area (Å²) in [6.07, 6.45) is 3.49. The van der Waals surface area contributed by atoms with Crippen molar-refractivity contribution < 1.29 is 14.0 Å². The van der Waals surface area contributed by atoms with Crippen molar-refractivity contribution >= 4 is 39.9 Å². The molecule has 0 spiro atoms. The number of fused-ring (bicyclic) bond motifs is 1. The summed E-state index contributed by atoms with van der Waals surface area (Å²) >= 11 is 0.863. The number of hydrogen-bond acceptors (Lipinski definition) is 3. The van der Waals surface area contributed by atoms with Crippen LogP contribution in [0.25, 0.3) is 22.7 Å². The number of thioether (sulfide) groups is 1. The maximum absolute atomic E-state index is 13.7. The molecule has 1 N–H and O–H groups in total. The fraction of sp³-hybridized carbons (Fsp3) is 0. The minimum atomic E-state index is -0.410. The highest BCUT2D eigenvalue weighted by Gasteiger charge is 2.25. The van der Waals surface area contributed by atoms with Crippen molar-refractivity contribution in [3.8, 4) is 5.69 Å². The molecule has 3 aromatic rings. The third-order valence-electron chi connectivity index (χ3n) is 3.76. The van der Waals surface area contributed by atoms with Gasteiger partial charge in [-0.05, 0) is 48.2 Å². The quantitative estimate of drug-likeness (QED) is 0.716. The van der Waals surface area contributed by atoms with Crippen molar-refractivity contribution in [1.29, 1.82) is 0 Å². The van der Waals surface area contributed by atoms with Crippen LogP contribution in [-0.2, 0) is 4.79 Å². The van der Waals surface area contributed by atoms with Crippen LogP contribution in [0.2, 0.25) is 0 Å². The lowest BCUT2D eigenvalue weighted by atomic mass is 10.1. The Kier molecular flexibility index (Phi) is 3.46. The standard InChI is InChI=1S/C18H11FN2O2S/c19-12-6-7-14-11(8-16-17(22)20-18(23)24-16)10-21(15(14)9-12)13-4-2-1-3-5-13/h1-10H,(H,20,22,23). The molecule has 1 aliphatic rings. The number of hydrogen-bond donors (Lipinski definition) is 1. The molecule has 1 aromatic heterocycles. The predicted octanol–water partition coefficient (Wildman–Crippen LogP) is 4.09. The maximum atomic E-state index is 13.7. The number of para-hydroxylation sites is 1. The molecule has 2 aromatic carbocycles. The molecule has 6 heteroatoms. The van der Waals surface area contributed by atoms with Gasteiger partial charge < -0.3 is 4.57 Å². The van der Waals surface area contributed by atoms with Gasteiger partial charge in [-0.15, -0.1) is 0 Å². The van der Waals surface area contributed by atoms with E-state index in [0.29, 0.717) is 10.4 Å². The number of nitrogens with one attached hydrogen (secondary N) is 1. The normalized spacial score (nSPS) is 16.1. The van der Waals surface area contributed by atoms with E-state index in [1.54, 1.807) is 12.1 Å². The Hall–Kier alpha value is -2.86. The van der Waals surface area contributed by atoms with Crippen molar-refractivity contribution in [3.63, 3.8) is 0 Å². The van der Waals surface area contributed by atoms with Crippen LogP contribution in [0, 0.1) is 5.82 Å². The van der Waals surface area contributed by atoms with Crippen LogP contribution >= 0.6 is 11.8 Å². The molecule has 0 atom stereocenters. The molecule has 4 rings (SSSR count). The van der Waals surface area contributed by atoms with E-state index >= 15 is 0 Å². The Morgan fingerprint density at radius 3 is 2.58 bits per heavy atom. The van der Waals surface area contributed by atoms with Gasteiger partial charge in [0.15, 0.2) is 0 Å². The summed E-state index contributed by atoms with van der Waals surface area (Å²) in [7, 11) is 0. The zero-order valence-electron chi connectivity index (χ0n) is 12.3. The van der Waals surface area contributed by atoms with Gasteiger partial charge >= 0.3 is 0 Å². The summed E-state index contributed by atoms with van der Waals surface area (Å²) in [5.74, 6) is -0.743. The Bertz CT molecular complexity index is 1010. The number of aromatic nitrogens is 1. The third-order valence-corrected chi connectivity index (χ3v) is 4.57. The minimum Gasteiger partial charge on any atom is -0.316 e. The van der Waals surface area contributed by atoms with Crippen molar-refractivity contribution in [2.24, 2.45) is 0 Å². The van der Waals surface area contributed by atoms with Crippen LogP contribution in [0.4, 0.5) is 9.18 Å². The minimum absolute atomic E-state index is 0.330. The van der Waals surface area contributed by atoms with Gasteiger partial charge in [-0.3, -0.25) is 14.9 Å². The Morgan fingerprint density at radius 1 is 1.08 bits per heavy atom. The summed E-state index contributed by atoms with van der Waals surface area (Å²) in [4.78, 5) is 23.4. The van der Waals surface area contributed by atoms with Gasteiger partial charge in [0.2, 0.25) is 0 Å². The van der Waals surface area contributed by atoms with Crippen LogP contribution < -0.4 is 5.32 Å². The first-order valence-electron chi connectivity index (χ1n) is 7.23. The molecule has 1 fully saturated rings. The molecule has 118 valence electrons. The molecule has 2 heterocycles. The molecule has 0 bridgehead atoms. The predicted molar refractivity (Wildman–Crippen MR) is 92.3 cm³/mol. The van der Waals surface area contributed by atoms with Gasteiger partial charge in [0, 0.05) is 22.8 Å². The average molecular weight is 338 g/mol. The summed E-state index contributed by atoms with van der Waals surface area (Å²) in [5.41, 5.74) is 2.33. The van der Waals surface area contributed by atoms with Crippen LogP contribution in [0.5, 0.6) is 0 Å². The smallest absolute Gasteiger partial charge is 0.290 e. The molecule has 0 saturated carbocycles. The number of carbonyl (C=O) groups excluding carboxylic acids is 2. The second-order valence-corrected chi connectivity index (χ2v) is 6.32. The number of nitrogens with zero attached hydrogens (tertiary/aromatic N) is 1. The molecule has 1 aliphatic heterocycles. The van der Waals surface area contributed by atoms with Crippen molar-refractivity contribution in [3.05, 3.63) is 71.0 Å². The van der Waals surface area contributed by atoms with E-state index in [9.17, 15) is 14.0 Å². The number of amides is 2. The summed E-state index contributed by atoms with van der Waals surface area (Å²) in [6.45, 7) is 0. The summed E-state index contributed by atoms with van der Waals surface area (Å²) in [6, 6.07) is 14.1. The highest BCUT2D eigenvalue weighted by Crippen LogP contribution is 2.31. The topological polar surface area (TPSA) is 51.1 Å². The fourth-order valence-corrected chi connectivity index (χ4v) is 3.38. The van der Waals surface area contributed by atoms with Crippen molar-refractivity contribution in [2.45, 2.75) is 0 Å². The van der Waals surface area contributed by atoms with Gasteiger partial charge in [0.25, 0.3) is 11.1 Å². The Balaban J connectivity index is 1.93. The average Bonchev–Trinajstić information content (AvgIpc) is 3.08. The molecule has 1 saturated heterocycles. The van der Waals surface area contributed by atoms with Gasteiger partial charge in [-0.2, -0.15) is 0 Å².